The Morgan fingerprint density at radius 2 is 1.91 bits per heavy atom. The van der Waals surface area contributed by atoms with E-state index in [1.54, 1.807) is 10.5 Å². The van der Waals surface area contributed by atoms with Gasteiger partial charge in [-0.2, -0.15) is 0 Å². The van der Waals surface area contributed by atoms with Crippen molar-refractivity contribution in [2.24, 2.45) is 0 Å². The molecule has 0 aliphatic carbocycles. The fraction of sp³-hybridized carbons (Fsp3) is 0.333. The number of fused-ring (bicyclic) bond motifs is 1. The van der Waals surface area contributed by atoms with Crippen LogP contribution in [0.5, 0.6) is 0 Å². The largest absolute Gasteiger partial charge is 0.294 e. The van der Waals surface area contributed by atoms with Crippen LogP contribution in [-0.2, 0) is 13.1 Å². The molecule has 0 unspecified atom stereocenters. The quantitative estimate of drug-likeness (QED) is 0.721. The van der Waals surface area contributed by atoms with Gasteiger partial charge in [0.05, 0.1) is 5.69 Å². The molecular formula is C18H21N3OS. The molecular weight excluding hydrogens is 306 g/mol. The average molecular weight is 327 g/mol. The predicted octanol–water partition coefficient (Wildman–Crippen LogP) is 3.39. The first-order valence-electron chi connectivity index (χ1n) is 7.81. The first kappa shape index (κ1) is 15.9. The zero-order valence-corrected chi connectivity index (χ0v) is 14.6. The van der Waals surface area contributed by atoms with E-state index in [-0.39, 0.29) is 5.56 Å². The van der Waals surface area contributed by atoms with Crippen molar-refractivity contribution in [2.45, 2.75) is 33.9 Å². The zero-order valence-electron chi connectivity index (χ0n) is 13.7. The van der Waals surface area contributed by atoms with Gasteiger partial charge in [-0.25, -0.2) is 4.98 Å². The first-order chi connectivity index (χ1) is 11.1. The van der Waals surface area contributed by atoms with E-state index in [0.29, 0.717) is 6.54 Å². The SMILES string of the molecule is CCN(Cc1ccc(C)cc1)Cc1cc(=O)n2c(C)csc2n1. The standard InChI is InChI=1S/C18H21N3OS/c1-4-20(10-15-7-5-13(2)6-8-15)11-16-9-17(22)21-14(3)12-23-18(21)19-16/h5-9,12H,4,10-11H2,1-3H3. The molecule has 0 aliphatic rings. The fourth-order valence-electron chi connectivity index (χ4n) is 2.64. The molecule has 4 nitrogen and oxygen atoms in total. The van der Waals surface area contributed by atoms with Crippen LogP contribution in [0.15, 0.2) is 40.5 Å². The van der Waals surface area contributed by atoms with Gasteiger partial charge in [0.15, 0.2) is 4.96 Å². The molecule has 0 saturated carbocycles. The molecule has 2 heterocycles. The highest BCUT2D eigenvalue weighted by molar-refractivity contribution is 7.15. The number of hydrogen-bond acceptors (Lipinski definition) is 4. The van der Waals surface area contributed by atoms with Gasteiger partial charge < -0.3 is 0 Å². The van der Waals surface area contributed by atoms with E-state index in [2.05, 4.69) is 48.0 Å². The highest BCUT2D eigenvalue weighted by Gasteiger charge is 2.10. The molecule has 0 radical (unpaired) electrons. The van der Waals surface area contributed by atoms with Crippen LogP contribution in [0, 0.1) is 13.8 Å². The Morgan fingerprint density at radius 1 is 1.17 bits per heavy atom. The second-order valence-corrected chi connectivity index (χ2v) is 6.71. The Balaban J connectivity index is 1.81. The van der Waals surface area contributed by atoms with Crippen molar-refractivity contribution in [3.05, 3.63) is 68.6 Å². The average Bonchev–Trinajstić information content (AvgIpc) is 2.90. The number of rotatable bonds is 5. The summed E-state index contributed by atoms with van der Waals surface area (Å²) >= 11 is 1.52. The molecule has 5 heteroatoms. The third-order valence-electron chi connectivity index (χ3n) is 3.99. The molecule has 0 atom stereocenters. The molecule has 3 rings (SSSR count). The third-order valence-corrected chi connectivity index (χ3v) is 4.93. The summed E-state index contributed by atoms with van der Waals surface area (Å²) in [5.74, 6) is 0. The molecule has 120 valence electrons. The molecule has 0 N–H and O–H groups in total. The van der Waals surface area contributed by atoms with E-state index in [0.717, 1.165) is 29.4 Å². The summed E-state index contributed by atoms with van der Waals surface area (Å²) in [6, 6.07) is 10.2. The van der Waals surface area contributed by atoms with Gasteiger partial charge in [0.25, 0.3) is 5.56 Å². The minimum atomic E-state index is 0.00939. The molecule has 3 aromatic rings. The van der Waals surface area contributed by atoms with Gasteiger partial charge in [-0.15, -0.1) is 11.3 Å². The lowest BCUT2D eigenvalue weighted by atomic mass is 10.1. The summed E-state index contributed by atoms with van der Waals surface area (Å²) in [6.07, 6.45) is 0. The number of benzene rings is 1. The van der Waals surface area contributed by atoms with Gasteiger partial charge in [-0.05, 0) is 26.0 Å². The Morgan fingerprint density at radius 3 is 2.61 bits per heavy atom. The van der Waals surface area contributed by atoms with E-state index in [1.807, 2.05) is 12.3 Å². The number of aromatic nitrogens is 2. The van der Waals surface area contributed by atoms with E-state index in [9.17, 15) is 4.79 Å². The van der Waals surface area contributed by atoms with Crippen LogP contribution in [0.3, 0.4) is 0 Å². The lowest BCUT2D eigenvalue weighted by Crippen LogP contribution is -2.25. The van der Waals surface area contributed by atoms with Crippen LogP contribution in [0.1, 0.15) is 29.4 Å². The van der Waals surface area contributed by atoms with Crippen LogP contribution in [0.4, 0.5) is 0 Å². The Kier molecular flexibility index (Phi) is 4.59. The Labute approximate surface area is 140 Å². The van der Waals surface area contributed by atoms with E-state index < -0.39 is 0 Å². The van der Waals surface area contributed by atoms with Gasteiger partial charge in [0, 0.05) is 30.2 Å². The van der Waals surface area contributed by atoms with E-state index in [1.165, 1.54) is 22.5 Å². The topological polar surface area (TPSA) is 37.6 Å². The van der Waals surface area contributed by atoms with Crippen LogP contribution < -0.4 is 5.56 Å². The van der Waals surface area contributed by atoms with Crippen LogP contribution >= 0.6 is 11.3 Å². The Bertz CT molecular complexity index is 864. The molecule has 1 aromatic carbocycles. The van der Waals surface area contributed by atoms with Crippen molar-refractivity contribution in [2.75, 3.05) is 6.54 Å². The van der Waals surface area contributed by atoms with Gasteiger partial charge >= 0.3 is 0 Å². The van der Waals surface area contributed by atoms with Crippen LogP contribution in [0.2, 0.25) is 0 Å². The highest BCUT2D eigenvalue weighted by Crippen LogP contribution is 2.13. The molecule has 0 saturated heterocycles. The van der Waals surface area contributed by atoms with Gasteiger partial charge in [0.2, 0.25) is 0 Å². The molecule has 2 aromatic heterocycles. The van der Waals surface area contributed by atoms with E-state index >= 15 is 0 Å². The predicted molar refractivity (Wildman–Crippen MR) is 95.0 cm³/mol. The van der Waals surface area contributed by atoms with Crippen molar-refractivity contribution in [3.8, 4) is 0 Å². The minimum Gasteiger partial charge on any atom is -0.294 e. The summed E-state index contributed by atoms with van der Waals surface area (Å²) in [7, 11) is 0. The summed E-state index contributed by atoms with van der Waals surface area (Å²) in [5, 5.41) is 1.97. The zero-order chi connectivity index (χ0) is 16.4. The summed E-state index contributed by atoms with van der Waals surface area (Å²) in [4.78, 5) is 20.0. The number of aryl methyl sites for hydroxylation is 2. The van der Waals surface area contributed by atoms with Gasteiger partial charge in [-0.1, -0.05) is 36.8 Å². The molecule has 23 heavy (non-hydrogen) atoms. The molecule has 0 spiro atoms. The fourth-order valence-corrected chi connectivity index (χ4v) is 3.53. The highest BCUT2D eigenvalue weighted by atomic mass is 32.1. The second kappa shape index (κ2) is 6.64. The van der Waals surface area contributed by atoms with E-state index in [4.69, 9.17) is 0 Å². The smallest absolute Gasteiger partial charge is 0.259 e. The summed E-state index contributed by atoms with van der Waals surface area (Å²) < 4.78 is 1.67. The molecule has 0 aliphatic heterocycles. The van der Waals surface area contributed by atoms with Crippen molar-refractivity contribution in [1.29, 1.82) is 0 Å². The molecule has 0 bridgehead atoms. The third kappa shape index (κ3) is 3.51. The first-order valence-corrected chi connectivity index (χ1v) is 8.69. The van der Waals surface area contributed by atoms with Crippen molar-refractivity contribution < 1.29 is 0 Å². The number of hydrogen-bond donors (Lipinski definition) is 0. The minimum absolute atomic E-state index is 0.00939. The monoisotopic (exact) mass is 327 g/mol. The summed E-state index contributed by atoms with van der Waals surface area (Å²) in [5.41, 5.74) is 4.34. The van der Waals surface area contributed by atoms with Crippen molar-refractivity contribution >= 4 is 16.3 Å². The Hall–Kier alpha value is -1.98. The van der Waals surface area contributed by atoms with Crippen LogP contribution in [-0.4, -0.2) is 20.8 Å². The second-order valence-electron chi connectivity index (χ2n) is 5.87. The van der Waals surface area contributed by atoms with Gasteiger partial charge in [0.1, 0.15) is 0 Å². The lowest BCUT2D eigenvalue weighted by molar-refractivity contribution is 0.268. The molecule has 0 amide bonds. The molecule has 0 fully saturated rings. The maximum atomic E-state index is 12.3. The number of thiazole rings is 1. The van der Waals surface area contributed by atoms with Gasteiger partial charge in [-0.3, -0.25) is 14.1 Å². The maximum Gasteiger partial charge on any atom is 0.259 e. The summed E-state index contributed by atoms with van der Waals surface area (Å²) in [6.45, 7) is 8.63. The van der Waals surface area contributed by atoms with Crippen molar-refractivity contribution in [1.82, 2.24) is 14.3 Å². The normalized spacial score (nSPS) is 11.5. The lowest BCUT2D eigenvalue weighted by Gasteiger charge is -2.20. The van der Waals surface area contributed by atoms with Crippen LogP contribution in [0.25, 0.3) is 4.96 Å². The maximum absolute atomic E-state index is 12.3. The number of nitrogens with zero attached hydrogens (tertiary/aromatic N) is 3. The van der Waals surface area contributed by atoms with Crippen molar-refractivity contribution in [3.63, 3.8) is 0 Å².